The molecule has 1 aliphatic rings. The summed E-state index contributed by atoms with van der Waals surface area (Å²) in [5.74, 6) is 2.74. The second-order valence-corrected chi connectivity index (χ2v) is 6.07. The van der Waals surface area contributed by atoms with Crippen LogP contribution in [0, 0.1) is 0 Å². The summed E-state index contributed by atoms with van der Waals surface area (Å²) in [5, 5.41) is 12.5. The molecule has 1 saturated heterocycles. The summed E-state index contributed by atoms with van der Waals surface area (Å²) in [4.78, 5) is 6.67. The monoisotopic (exact) mass is 328 g/mol. The average molecular weight is 328 g/mol. The first-order valence-corrected chi connectivity index (χ1v) is 8.16. The molecule has 0 unspecified atom stereocenters. The van der Waals surface area contributed by atoms with Crippen molar-refractivity contribution < 1.29 is 9.26 Å². The number of aromatic nitrogens is 5. The topological polar surface area (TPSA) is 81.6 Å². The molecule has 0 aliphatic carbocycles. The summed E-state index contributed by atoms with van der Waals surface area (Å²) in [6, 6.07) is 5.99. The van der Waals surface area contributed by atoms with Crippen molar-refractivity contribution in [1.82, 2.24) is 29.6 Å². The second-order valence-electron chi connectivity index (χ2n) is 6.07. The van der Waals surface area contributed by atoms with Crippen molar-refractivity contribution in [1.29, 1.82) is 0 Å². The van der Waals surface area contributed by atoms with E-state index in [1.54, 1.807) is 7.11 Å². The van der Waals surface area contributed by atoms with Gasteiger partial charge in [-0.05, 0) is 38.1 Å². The predicted octanol–water partition coefficient (Wildman–Crippen LogP) is 1.64. The van der Waals surface area contributed by atoms with E-state index in [4.69, 9.17) is 9.26 Å². The Hall–Kier alpha value is -2.32. The normalized spacial score (nSPS) is 16.9. The molecule has 0 N–H and O–H groups in total. The van der Waals surface area contributed by atoms with Gasteiger partial charge in [-0.15, -0.1) is 10.2 Å². The Labute approximate surface area is 139 Å². The Morgan fingerprint density at radius 3 is 2.96 bits per heavy atom. The van der Waals surface area contributed by atoms with E-state index in [2.05, 4.69) is 29.6 Å². The Kier molecular flexibility index (Phi) is 4.22. The lowest BCUT2D eigenvalue weighted by molar-refractivity contribution is 0.172. The number of ether oxygens (including phenoxy) is 1. The van der Waals surface area contributed by atoms with Crippen LogP contribution in [0.4, 0.5) is 0 Å². The summed E-state index contributed by atoms with van der Waals surface area (Å²) in [6.45, 7) is 3.03. The Balaban J connectivity index is 1.38. The number of likely N-dealkylation sites (tertiary alicyclic amines) is 1. The fourth-order valence-corrected chi connectivity index (χ4v) is 3.22. The molecular weight excluding hydrogens is 308 g/mol. The van der Waals surface area contributed by atoms with E-state index in [1.165, 1.54) is 0 Å². The lowest BCUT2D eigenvalue weighted by Gasteiger charge is -2.29. The summed E-state index contributed by atoms with van der Waals surface area (Å²) >= 11 is 0. The Morgan fingerprint density at radius 1 is 1.25 bits per heavy atom. The highest BCUT2D eigenvalue weighted by molar-refractivity contribution is 5.37. The third-order valence-corrected chi connectivity index (χ3v) is 4.44. The molecule has 8 heteroatoms. The summed E-state index contributed by atoms with van der Waals surface area (Å²) in [5.41, 5.74) is 0.909. The zero-order valence-electron chi connectivity index (χ0n) is 13.6. The first-order chi connectivity index (χ1) is 11.8. The van der Waals surface area contributed by atoms with Crippen LogP contribution in [-0.2, 0) is 17.9 Å². The van der Waals surface area contributed by atoms with Crippen molar-refractivity contribution in [3.8, 4) is 0 Å². The number of hydrogen-bond acceptors (Lipinski definition) is 7. The average Bonchev–Trinajstić information content (AvgIpc) is 3.23. The summed E-state index contributed by atoms with van der Waals surface area (Å²) < 4.78 is 12.4. The molecule has 1 fully saturated rings. The molecule has 3 aromatic rings. The minimum atomic E-state index is 0.380. The van der Waals surface area contributed by atoms with Crippen LogP contribution in [0.3, 0.4) is 0 Å². The zero-order chi connectivity index (χ0) is 16.4. The van der Waals surface area contributed by atoms with E-state index in [1.807, 2.05) is 24.4 Å². The third kappa shape index (κ3) is 3.02. The van der Waals surface area contributed by atoms with Gasteiger partial charge < -0.3 is 9.26 Å². The number of hydrogen-bond donors (Lipinski definition) is 0. The van der Waals surface area contributed by atoms with Crippen LogP contribution >= 0.6 is 0 Å². The van der Waals surface area contributed by atoms with Gasteiger partial charge in [-0.1, -0.05) is 11.2 Å². The Morgan fingerprint density at radius 2 is 2.12 bits per heavy atom. The van der Waals surface area contributed by atoms with Crippen molar-refractivity contribution in [3.05, 3.63) is 41.9 Å². The van der Waals surface area contributed by atoms with E-state index in [-0.39, 0.29) is 0 Å². The fourth-order valence-electron chi connectivity index (χ4n) is 3.22. The fraction of sp³-hybridized carbons (Fsp3) is 0.500. The maximum Gasteiger partial charge on any atom is 0.240 e. The lowest BCUT2D eigenvalue weighted by Crippen LogP contribution is -2.33. The zero-order valence-corrected chi connectivity index (χ0v) is 13.6. The second kappa shape index (κ2) is 6.66. The number of rotatable bonds is 5. The van der Waals surface area contributed by atoms with Crippen molar-refractivity contribution in [2.24, 2.45) is 0 Å². The van der Waals surface area contributed by atoms with E-state index >= 15 is 0 Å². The van der Waals surface area contributed by atoms with Gasteiger partial charge in [-0.3, -0.25) is 9.30 Å². The van der Waals surface area contributed by atoms with Crippen LogP contribution in [0.2, 0.25) is 0 Å². The SMILES string of the molecule is COCc1noc(CN2CCC(c3nnc4ccccn34)CC2)n1. The van der Waals surface area contributed by atoms with Gasteiger partial charge in [0.25, 0.3) is 0 Å². The maximum absolute atomic E-state index is 5.27. The number of methoxy groups -OCH3 is 1. The molecule has 1 aliphatic heterocycles. The third-order valence-electron chi connectivity index (χ3n) is 4.44. The molecular formula is C16H20N6O2. The molecule has 0 atom stereocenters. The largest absolute Gasteiger partial charge is 0.377 e. The summed E-state index contributed by atoms with van der Waals surface area (Å²) in [6.07, 6.45) is 4.14. The number of piperidine rings is 1. The smallest absolute Gasteiger partial charge is 0.240 e. The molecule has 0 aromatic carbocycles. The van der Waals surface area contributed by atoms with Crippen LogP contribution < -0.4 is 0 Å². The molecule has 8 nitrogen and oxygen atoms in total. The highest BCUT2D eigenvalue weighted by Crippen LogP contribution is 2.27. The molecule has 126 valence electrons. The van der Waals surface area contributed by atoms with Gasteiger partial charge in [0.15, 0.2) is 11.5 Å². The van der Waals surface area contributed by atoms with Crippen molar-refractivity contribution >= 4 is 5.65 Å². The summed E-state index contributed by atoms with van der Waals surface area (Å²) in [7, 11) is 1.62. The van der Waals surface area contributed by atoms with Crippen LogP contribution in [0.15, 0.2) is 28.9 Å². The first-order valence-electron chi connectivity index (χ1n) is 8.16. The van der Waals surface area contributed by atoms with E-state index in [0.29, 0.717) is 30.8 Å². The molecule has 3 aromatic heterocycles. The van der Waals surface area contributed by atoms with Crippen LogP contribution in [-0.4, -0.2) is 49.8 Å². The highest BCUT2D eigenvalue weighted by Gasteiger charge is 2.25. The van der Waals surface area contributed by atoms with Crippen molar-refractivity contribution in [2.75, 3.05) is 20.2 Å². The molecule has 0 saturated carbocycles. The van der Waals surface area contributed by atoms with Gasteiger partial charge >= 0.3 is 0 Å². The van der Waals surface area contributed by atoms with Crippen LogP contribution in [0.25, 0.3) is 5.65 Å². The highest BCUT2D eigenvalue weighted by atomic mass is 16.5. The van der Waals surface area contributed by atoms with E-state index in [0.717, 1.165) is 37.4 Å². The minimum absolute atomic E-state index is 0.380. The molecule has 4 rings (SSSR count). The van der Waals surface area contributed by atoms with E-state index in [9.17, 15) is 0 Å². The Bertz CT molecular complexity index is 806. The van der Waals surface area contributed by atoms with Crippen LogP contribution in [0.1, 0.15) is 36.3 Å². The molecule has 0 spiro atoms. The van der Waals surface area contributed by atoms with Gasteiger partial charge in [-0.25, -0.2) is 0 Å². The lowest BCUT2D eigenvalue weighted by atomic mass is 9.96. The molecule has 24 heavy (non-hydrogen) atoms. The molecule has 0 radical (unpaired) electrons. The van der Waals surface area contributed by atoms with Gasteiger partial charge in [0.1, 0.15) is 12.4 Å². The number of pyridine rings is 1. The number of fused-ring (bicyclic) bond motifs is 1. The van der Waals surface area contributed by atoms with Gasteiger partial charge in [0, 0.05) is 19.2 Å². The maximum atomic E-state index is 5.27. The quantitative estimate of drug-likeness (QED) is 0.704. The minimum Gasteiger partial charge on any atom is -0.377 e. The van der Waals surface area contributed by atoms with Crippen molar-refractivity contribution in [2.45, 2.75) is 31.9 Å². The first kappa shape index (κ1) is 15.2. The van der Waals surface area contributed by atoms with Crippen LogP contribution in [0.5, 0.6) is 0 Å². The van der Waals surface area contributed by atoms with Gasteiger partial charge in [-0.2, -0.15) is 4.98 Å². The standard InChI is InChI=1S/C16H20N6O2/c1-23-11-13-17-15(24-20-13)10-21-8-5-12(6-9-21)16-19-18-14-4-2-3-7-22(14)16/h2-4,7,12H,5-6,8-11H2,1H3. The molecule has 4 heterocycles. The van der Waals surface area contributed by atoms with Gasteiger partial charge in [0.05, 0.1) is 6.54 Å². The number of nitrogens with zero attached hydrogens (tertiary/aromatic N) is 6. The van der Waals surface area contributed by atoms with E-state index < -0.39 is 0 Å². The molecule has 0 amide bonds. The molecule has 0 bridgehead atoms. The van der Waals surface area contributed by atoms with Gasteiger partial charge in [0.2, 0.25) is 5.89 Å². The van der Waals surface area contributed by atoms with Crippen molar-refractivity contribution in [3.63, 3.8) is 0 Å². The predicted molar refractivity (Wildman–Crippen MR) is 85.3 cm³/mol.